The van der Waals surface area contributed by atoms with Crippen LogP contribution in [-0.4, -0.2) is 25.6 Å². The summed E-state index contributed by atoms with van der Waals surface area (Å²) in [6.45, 7) is 4.71. The smallest absolute Gasteiger partial charge is 0.303 e. The number of carboxylic acids is 1. The molecule has 0 amide bonds. The van der Waals surface area contributed by atoms with Gasteiger partial charge in [0.25, 0.3) is 0 Å². The Bertz CT molecular complexity index is 882. The number of fused-ring (bicyclic) bond motifs is 1. The molecular formula is C20H23N3O2. The number of rotatable bonds is 7. The molecule has 0 aliphatic carbocycles. The minimum atomic E-state index is -0.769. The van der Waals surface area contributed by atoms with Crippen LogP contribution in [0, 0.1) is 13.8 Å². The summed E-state index contributed by atoms with van der Waals surface area (Å²) in [5.74, 6) is 0.202. The molecule has 2 heterocycles. The maximum absolute atomic E-state index is 10.8. The Morgan fingerprint density at radius 3 is 2.60 bits per heavy atom. The van der Waals surface area contributed by atoms with Gasteiger partial charge in [-0.3, -0.25) is 4.79 Å². The minimum absolute atomic E-state index is 0.156. The molecule has 0 aliphatic heterocycles. The second-order valence-electron chi connectivity index (χ2n) is 6.52. The number of aromatic nitrogens is 3. The zero-order chi connectivity index (χ0) is 17.8. The molecule has 0 saturated heterocycles. The molecule has 0 spiro atoms. The van der Waals surface area contributed by atoms with Gasteiger partial charge in [-0.25, -0.2) is 9.97 Å². The molecule has 2 aromatic heterocycles. The molecule has 0 radical (unpaired) electrons. The third-order valence-electron chi connectivity index (χ3n) is 4.33. The number of pyridine rings is 1. The van der Waals surface area contributed by atoms with E-state index < -0.39 is 5.97 Å². The van der Waals surface area contributed by atoms with E-state index in [1.54, 1.807) is 0 Å². The van der Waals surface area contributed by atoms with Crippen molar-refractivity contribution in [3.8, 4) is 0 Å². The van der Waals surface area contributed by atoms with E-state index in [2.05, 4.69) is 40.7 Å². The highest BCUT2D eigenvalue weighted by molar-refractivity contribution is 5.72. The lowest BCUT2D eigenvalue weighted by atomic mass is 10.1. The summed E-state index contributed by atoms with van der Waals surface area (Å²) >= 11 is 0. The van der Waals surface area contributed by atoms with Crippen molar-refractivity contribution in [1.82, 2.24) is 14.5 Å². The largest absolute Gasteiger partial charge is 0.481 e. The van der Waals surface area contributed by atoms with Crippen molar-refractivity contribution in [1.29, 1.82) is 0 Å². The quantitative estimate of drug-likeness (QED) is 0.714. The van der Waals surface area contributed by atoms with Crippen molar-refractivity contribution < 1.29 is 9.90 Å². The van der Waals surface area contributed by atoms with E-state index in [1.165, 1.54) is 11.1 Å². The van der Waals surface area contributed by atoms with Gasteiger partial charge in [-0.1, -0.05) is 29.8 Å². The fourth-order valence-corrected chi connectivity index (χ4v) is 2.98. The lowest BCUT2D eigenvalue weighted by Gasteiger charge is -2.08. The van der Waals surface area contributed by atoms with Crippen LogP contribution in [0.2, 0.25) is 0 Å². The number of nitrogens with zero attached hydrogens (tertiary/aromatic N) is 3. The van der Waals surface area contributed by atoms with Gasteiger partial charge in [-0.2, -0.15) is 0 Å². The molecule has 0 saturated carbocycles. The molecule has 0 atom stereocenters. The lowest BCUT2D eigenvalue weighted by molar-refractivity contribution is -0.137. The number of aliphatic carboxylic acids is 1. The first-order valence-corrected chi connectivity index (χ1v) is 8.62. The van der Waals surface area contributed by atoms with Crippen LogP contribution in [0.3, 0.4) is 0 Å². The van der Waals surface area contributed by atoms with E-state index in [0.717, 1.165) is 35.4 Å². The Hall–Kier alpha value is -2.69. The van der Waals surface area contributed by atoms with Crippen LogP contribution in [0.25, 0.3) is 11.2 Å². The number of carboxylic acid groups (broad SMARTS) is 1. The number of hydrogen-bond acceptors (Lipinski definition) is 3. The third kappa shape index (κ3) is 4.24. The van der Waals surface area contributed by atoms with Crippen molar-refractivity contribution in [3.05, 3.63) is 59.0 Å². The highest BCUT2D eigenvalue weighted by atomic mass is 16.4. The zero-order valence-corrected chi connectivity index (χ0v) is 14.7. The van der Waals surface area contributed by atoms with Crippen LogP contribution in [0.15, 0.2) is 36.5 Å². The van der Waals surface area contributed by atoms with Crippen LogP contribution in [0.4, 0.5) is 0 Å². The van der Waals surface area contributed by atoms with Crippen LogP contribution >= 0.6 is 0 Å². The number of hydrogen-bond donors (Lipinski definition) is 1. The average molecular weight is 337 g/mol. The Labute approximate surface area is 147 Å². The molecule has 130 valence electrons. The van der Waals surface area contributed by atoms with E-state index >= 15 is 0 Å². The maximum atomic E-state index is 10.8. The second kappa shape index (κ2) is 7.47. The third-order valence-corrected chi connectivity index (χ3v) is 4.33. The molecule has 0 aliphatic rings. The molecule has 1 N–H and O–H groups in total. The van der Waals surface area contributed by atoms with Crippen LogP contribution < -0.4 is 0 Å². The first kappa shape index (κ1) is 17.1. The molecule has 3 rings (SSSR count). The maximum Gasteiger partial charge on any atom is 0.303 e. The van der Waals surface area contributed by atoms with Crippen molar-refractivity contribution in [3.63, 3.8) is 0 Å². The molecule has 25 heavy (non-hydrogen) atoms. The summed E-state index contributed by atoms with van der Waals surface area (Å²) in [7, 11) is 0. The average Bonchev–Trinajstić information content (AvgIpc) is 2.91. The first-order valence-electron chi connectivity index (χ1n) is 8.62. The van der Waals surface area contributed by atoms with Crippen molar-refractivity contribution in [2.75, 3.05) is 0 Å². The topological polar surface area (TPSA) is 68.0 Å². The number of aryl methyl sites for hydroxylation is 5. The lowest BCUT2D eigenvalue weighted by Crippen LogP contribution is -2.08. The normalized spacial score (nSPS) is 11.1. The summed E-state index contributed by atoms with van der Waals surface area (Å²) in [4.78, 5) is 20.1. The molecule has 0 bridgehead atoms. The summed E-state index contributed by atoms with van der Waals surface area (Å²) in [5, 5.41) is 8.89. The zero-order valence-electron chi connectivity index (χ0n) is 14.7. The second-order valence-corrected chi connectivity index (χ2v) is 6.52. The van der Waals surface area contributed by atoms with Gasteiger partial charge in [-0.15, -0.1) is 0 Å². The van der Waals surface area contributed by atoms with Crippen molar-refractivity contribution in [2.24, 2.45) is 0 Å². The van der Waals surface area contributed by atoms with Gasteiger partial charge < -0.3 is 9.67 Å². The van der Waals surface area contributed by atoms with E-state index in [9.17, 15) is 4.79 Å². The van der Waals surface area contributed by atoms with E-state index in [-0.39, 0.29) is 6.42 Å². The first-order chi connectivity index (χ1) is 12.0. The molecule has 5 heteroatoms. The summed E-state index contributed by atoms with van der Waals surface area (Å²) in [6, 6.07) is 10.6. The molecule has 3 aromatic rings. The Morgan fingerprint density at radius 2 is 1.88 bits per heavy atom. The van der Waals surface area contributed by atoms with Gasteiger partial charge in [-0.05, 0) is 43.9 Å². The molecule has 0 unspecified atom stereocenters. The Balaban J connectivity index is 1.83. The SMILES string of the molecule is Cc1ccc(CCc2nc3cc(C)cnc3n2CCCC(=O)O)cc1. The fraction of sp³-hybridized carbons (Fsp3) is 0.350. The Kier molecular flexibility index (Phi) is 5.12. The summed E-state index contributed by atoms with van der Waals surface area (Å²) in [5.41, 5.74) is 5.33. The number of imidazole rings is 1. The van der Waals surface area contributed by atoms with Gasteiger partial charge in [0.2, 0.25) is 0 Å². The number of carbonyl (C=O) groups is 1. The molecular weight excluding hydrogens is 314 g/mol. The van der Waals surface area contributed by atoms with Crippen LogP contribution in [0.1, 0.15) is 35.4 Å². The molecule has 0 fully saturated rings. The van der Waals surface area contributed by atoms with Gasteiger partial charge in [0.1, 0.15) is 11.3 Å². The minimum Gasteiger partial charge on any atom is -0.481 e. The molecule has 1 aromatic carbocycles. The van der Waals surface area contributed by atoms with Crippen molar-refractivity contribution in [2.45, 2.75) is 46.1 Å². The summed E-state index contributed by atoms with van der Waals surface area (Å²) in [6.07, 6.45) is 4.28. The fourth-order valence-electron chi connectivity index (χ4n) is 2.98. The van der Waals surface area contributed by atoms with Gasteiger partial charge in [0.05, 0.1) is 0 Å². The highest BCUT2D eigenvalue weighted by Gasteiger charge is 2.12. The van der Waals surface area contributed by atoms with Gasteiger partial charge >= 0.3 is 5.97 Å². The Morgan fingerprint density at radius 1 is 1.12 bits per heavy atom. The standard InChI is InChI=1S/C20H23N3O2/c1-14-5-7-16(8-6-14)9-10-18-22-17-12-15(2)13-21-20(17)23(18)11-3-4-19(24)25/h5-8,12-13H,3-4,9-11H2,1-2H3,(H,24,25). The monoisotopic (exact) mass is 337 g/mol. The van der Waals surface area contributed by atoms with Gasteiger partial charge in [0, 0.05) is 25.6 Å². The van der Waals surface area contributed by atoms with Crippen molar-refractivity contribution >= 4 is 17.1 Å². The highest BCUT2D eigenvalue weighted by Crippen LogP contribution is 2.18. The predicted molar refractivity (Wildman–Crippen MR) is 97.7 cm³/mol. The predicted octanol–water partition coefficient (Wildman–Crippen LogP) is 3.70. The molecule has 5 nitrogen and oxygen atoms in total. The van der Waals surface area contributed by atoms with Gasteiger partial charge in [0.15, 0.2) is 5.65 Å². The van der Waals surface area contributed by atoms with Crippen LogP contribution in [-0.2, 0) is 24.2 Å². The number of benzene rings is 1. The van der Waals surface area contributed by atoms with E-state index in [4.69, 9.17) is 10.1 Å². The van der Waals surface area contributed by atoms with Crippen LogP contribution in [0.5, 0.6) is 0 Å². The van der Waals surface area contributed by atoms with E-state index in [1.807, 2.05) is 19.2 Å². The summed E-state index contributed by atoms with van der Waals surface area (Å²) < 4.78 is 2.08. The van der Waals surface area contributed by atoms with E-state index in [0.29, 0.717) is 13.0 Å².